The van der Waals surface area contributed by atoms with Crippen LogP contribution < -0.4 is 0 Å². The molecule has 0 saturated carbocycles. The number of nitro benzene ring substituents is 1. The number of nitrogens with zero attached hydrogens (tertiary/aromatic N) is 2. The molecule has 114 valence electrons. The molecule has 0 atom stereocenters. The number of hydrogen-bond donors (Lipinski definition) is 0. The molecule has 6 heteroatoms. The van der Waals surface area contributed by atoms with Crippen molar-refractivity contribution in [3.05, 3.63) is 81.4 Å². The number of hydrogen-bond acceptors (Lipinski definition) is 5. The molecule has 23 heavy (non-hydrogen) atoms. The predicted molar refractivity (Wildman–Crippen MR) is 83.1 cm³/mol. The zero-order valence-corrected chi connectivity index (χ0v) is 12.0. The van der Waals surface area contributed by atoms with Gasteiger partial charge in [0.2, 0.25) is 0 Å². The van der Waals surface area contributed by atoms with E-state index in [1.807, 2.05) is 6.07 Å². The maximum Gasteiger partial charge on any atom is 0.331 e. The number of esters is 1. The van der Waals surface area contributed by atoms with Crippen LogP contribution in [0.2, 0.25) is 0 Å². The van der Waals surface area contributed by atoms with Gasteiger partial charge in [0, 0.05) is 18.2 Å². The van der Waals surface area contributed by atoms with Crippen LogP contribution in [0.25, 0.3) is 6.08 Å². The van der Waals surface area contributed by atoms with Crippen LogP contribution in [0.4, 0.5) is 5.69 Å². The number of non-ortho nitro benzene ring substituents is 1. The first-order valence-corrected chi connectivity index (χ1v) is 6.67. The molecule has 0 radical (unpaired) electrons. The maximum absolute atomic E-state index is 11.7. The smallest absolute Gasteiger partial charge is 0.331 e. The fourth-order valence-electron chi connectivity index (χ4n) is 1.84. The van der Waals surface area contributed by atoms with Crippen LogP contribution in [0.15, 0.2) is 54.6 Å². The van der Waals surface area contributed by atoms with Gasteiger partial charge in [-0.25, -0.2) is 4.79 Å². The molecule has 0 saturated heterocycles. The van der Waals surface area contributed by atoms with Crippen molar-refractivity contribution >= 4 is 17.7 Å². The third kappa shape index (κ3) is 4.79. The lowest BCUT2D eigenvalue weighted by atomic mass is 10.1. The summed E-state index contributed by atoms with van der Waals surface area (Å²) >= 11 is 0. The molecule has 2 aromatic rings. The zero-order valence-electron chi connectivity index (χ0n) is 12.0. The van der Waals surface area contributed by atoms with Crippen LogP contribution in [0.5, 0.6) is 0 Å². The Morgan fingerprint density at radius 3 is 2.78 bits per heavy atom. The van der Waals surface area contributed by atoms with Crippen LogP contribution in [0.3, 0.4) is 0 Å². The van der Waals surface area contributed by atoms with Gasteiger partial charge in [-0.15, -0.1) is 0 Å². The fourth-order valence-corrected chi connectivity index (χ4v) is 1.84. The van der Waals surface area contributed by atoms with Gasteiger partial charge in [-0.1, -0.05) is 24.3 Å². The standard InChI is InChI=1S/C17H12N2O4/c18-11-14-4-1-5-15(9-14)12-23-17(20)8-7-13-3-2-6-16(10-13)19(21)22/h1-10H,12H2/b8-7+. The van der Waals surface area contributed by atoms with Crippen molar-refractivity contribution < 1.29 is 14.5 Å². The minimum atomic E-state index is -0.570. The van der Waals surface area contributed by atoms with Gasteiger partial charge in [-0.2, -0.15) is 5.26 Å². The normalized spacial score (nSPS) is 10.2. The third-order valence-electron chi connectivity index (χ3n) is 2.93. The van der Waals surface area contributed by atoms with Crippen LogP contribution in [0, 0.1) is 21.4 Å². The maximum atomic E-state index is 11.7. The predicted octanol–water partition coefficient (Wildman–Crippen LogP) is 3.22. The molecule has 0 aliphatic carbocycles. The van der Waals surface area contributed by atoms with E-state index in [4.69, 9.17) is 10.00 Å². The molecule has 0 aliphatic heterocycles. The molecular formula is C17H12N2O4. The van der Waals surface area contributed by atoms with E-state index in [9.17, 15) is 14.9 Å². The van der Waals surface area contributed by atoms with E-state index >= 15 is 0 Å². The van der Waals surface area contributed by atoms with Gasteiger partial charge in [0.05, 0.1) is 16.6 Å². The summed E-state index contributed by atoms with van der Waals surface area (Å²) in [6.07, 6.45) is 2.65. The minimum Gasteiger partial charge on any atom is -0.458 e. The van der Waals surface area contributed by atoms with Crippen molar-refractivity contribution in [1.82, 2.24) is 0 Å². The van der Waals surface area contributed by atoms with Crippen molar-refractivity contribution in [2.75, 3.05) is 0 Å². The quantitative estimate of drug-likeness (QED) is 0.366. The van der Waals surface area contributed by atoms with Crippen LogP contribution in [0.1, 0.15) is 16.7 Å². The first kappa shape index (κ1) is 15.9. The summed E-state index contributed by atoms with van der Waals surface area (Å²) in [5.74, 6) is -0.570. The molecule has 0 aliphatic rings. The van der Waals surface area contributed by atoms with E-state index in [0.717, 1.165) is 0 Å². The average Bonchev–Trinajstić information content (AvgIpc) is 2.58. The third-order valence-corrected chi connectivity index (χ3v) is 2.93. The molecule has 0 N–H and O–H groups in total. The Morgan fingerprint density at radius 2 is 2.04 bits per heavy atom. The highest BCUT2D eigenvalue weighted by molar-refractivity contribution is 5.87. The second-order valence-electron chi connectivity index (χ2n) is 4.61. The number of rotatable bonds is 5. The summed E-state index contributed by atoms with van der Waals surface area (Å²) in [6.45, 7) is 0.0492. The largest absolute Gasteiger partial charge is 0.458 e. The molecule has 0 unspecified atom stereocenters. The van der Waals surface area contributed by atoms with Crippen molar-refractivity contribution in [3.63, 3.8) is 0 Å². The number of carbonyl (C=O) groups is 1. The zero-order chi connectivity index (χ0) is 16.7. The van der Waals surface area contributed by atoms with E-state index in [1.54, 1.807) is 30.3 Å². The molecule has 2 aromatic carbocycles. The van der Waals surface area contributed by atoms with E-state index < -0.39 is 10.9 Å². The highest BCUT2D eigenvalue weighted by atomic mass is 16.6. The van der Waals surface area contributed by atoms with Crippen molar-refractivity contribution in [2.45, 2.75) is 6.61 Å². The molecule has 0 fully saturated rings. The van der Waals surface area contributed by atoms with E-state index in [0.29, 0.717) is 16.7 Å². The lowest BCUT2D eigenvalue weighted by molar-refractivity contribution is -0.384. The number of ether oxygens (including phenoxy) is 1. The molecule has 0 heterocycles. The van der Waals surface area contributed by atoms with Gasteiger partial charge < -0.3 is 4.74 Å². The van der Waals surface area contributed by atoms with Crippen molar-refractivity contribution in [2.24, 2.45) is 0 Å². The molecule has 0 amide bonds. The van der Waals surface area contributed by atoms with E-state index in [1.165, 1.54) is 30.4 Å². The second-order valence-corrected chi connectivity index (χ2v) is 4.61. The summed E-state index contributed by atoms with van der Waals surface area (Å²) in [4.78, 5) is 21.8. The number of nitro groups is 1. The summed E-state index contributed by atoms with van der Waals surface area (Å²) in [5.41, 5.74) is 1.68. The Balaban J connectivity index is 1.95. The molecule has 6 nitrogen and oxygen atoms in total. The molecule has 2 rings (SSSR count). The van der Waals surface area contributed by atoms with Gasteiger partial charge in [0.1, 0.15) is 6.61 Å². The Bertz CT molecular complexity index is 806. The van der Waals surface area contributed by atoms with Gasteiger partial charge in [-0.05, 0) is 29.3 Å². The summed E-state index contributed by atoms with van der Waals surface area (Å²) in [6, 6.07) is 14.7. The van der Waals surface area contributed by atoms with Gasteiger partial charge in [-0.3, -0.25) is 10.1 Å². The fraction of sp³-hybridized carbons (Fsp3) is 0.0588. The van der Waals surface area contributed by atoms with Crippen LogP contribution in [-0.2, 0) is 16.1 Å². The van der Waals surface area contributed by atoms with Crippen LogP contribution >= 0.6 is 0 Å². The average molecular weight is 308 g/mol. The Morgan fingerprint density at radius 1 is 1.26 bits per heavy atom. The number of nitriles is 1. The van der Waals surface area contributed by atoms with Crippen LogP contribution in [-0.4, -0.2) is 10.9 Å². The highest BCUT2D eigenvalue weighted by Crippen LogP contribution is 2.14. The van der Waals surface area contributed by atoms with Gasteiger partial charge in [0.15, 0.2) is 0 Å². The van der Waals surface area contributed by atoms with Gasteiger partial charge in [0.25, 0.3) is 5.69 Å². The minimum absolute atomic E-state index is 0.0474. The Labute approximate surface area is 132 Å². The number of carbonyl (C=O) groups excluding carboxylic acids is 1. The topological polar surface area (TPSA) is 93.2 Å². The Hall–Kier alpha value is -3.46. The molecular weight excluding hydrogens is 296 g/mol. The lowest BCUT2D eigenvalue weighted by Gasteiger charge is -2.02. The SMILES string of the molecule is N#Cc1cccc(COC(=O)/C=C/c2cccc([N+](=O)[O-])c2)c1. The summed E-state index contributed by atoms with van der Waals surface area (Å²) < 4.78 is 5.06. The highest BCUT2D eigenvalue weighted by Gasteiger charge is 2.04. The molecule has 0 aromatic heterocycles. The second kappa shape index (κ2) is 7.52. The first-order valence-electron chi connectivity index (χ1n) is 6.67. The summed E-state index contributed by atoms with van der Waals surface area (Å²) in [5, 5.41) is 19.5. The Kier molecular flexibility index (Phi) is 5.21. The van der Waals surface area contributed by atoms with Crippen molar-refractivity contribution in [1.29, 1.82) is 5.26 Å². The van der Waals surface area contributed by atoms with Gasteiger partial charge >= 0.3 is 5.97 Å². The molecule has 0 bridgehead atoms. The molecule has 0 spiro atoms. The van der Waals surface area contributed by atoms with Crippen molar-refractivity contribution in [3.8, 4) is 6.07 Å². The van der Waals surface area contributed by atoms with E-state index in [-0.39, 0.29) is 12.3 Å². The number of benzene rings is 2. The monoisotopic (exact) mass is 308 g/mol. The van der Waals surface area contributed by atoms with E-state index in [2.05, 4.69) is 0 Å². The summed E-state index contributed by atoms with van der Waals surface area (Å²) in [7, 11) is 0. The lowest BCUT2D eigenvalue weighted by Crippen LogP contribution is -2.00. The first-order chi connectivity index (χ1) is 11.1.